The van der Waals surface area contributed by atoms with Gasteiger partial charge in [-0.15, -0.1) is 0 Å². The maximum atomic E-state index is 14.7. The van der Waals surface area contributed by atoms with E-state index in [0.717, 1.165) is 28.7 Å². The van der Waals surface area contributed by atoms with Crippen LogP contribution in [0.5, 0.6) is 0 Å². The van der Waals surface area contributed by atoms with Gasteiger partial charge in [-0.05, 0) is 114 Å². The molecular weight excluding hydrogens is 582 g/mol. The second kappa shape index (κ2) is 16.4. The topological polar surface area (TPSA) is 87.7 Å². The van der Waals surface area contributed by atoms with Crippen molar-refractivity contribution >= 4 is 47.0 Å². The first-order valence-corrected chi connectivity index (χ1v) is 16.8. The molecule has 0 aromatic heterocycles. The third-order valence-electron chi connectivity index (χ3n) is 7.43. The van der Waals surface area contributed by atoms with Crippen LogP contribution < -0.4 is 10.6 Å². The molecule has 0 aliphatic heterocycles. The van der Waals surface area contributed by atoms with E-state index in [4.69, 9.17) is 16.3 Å². The average Bonchev–Trinajstić information content (AvgIpc) is 2.90. The SMILES string of the molecule is CSCCC(NC(=O)OC(C)(C)C)C(=O)N(C(C)CCC(C)C)C(C(=O)Nc1c(C)cccc1Cl)c1cccc(C)c1C. The number of rotatable bonds is 13. The van der Waals surface area contributed by atoms with Gasteiger partial charge in [0.2, 0.25) is 5.91 Å². The predicted molar refractivity (Wildman–Crippen MR) is 180 cm³/mol. The number of anilines is 1. The van der Waals surface area contributed by atoms with Crippen LogP contribution in [0.15, 0.2) is 36.4 Å². The number of thioether (sulfide) groups is 1. The molecule has 7 nitrogen and oxygen atoms in total. The van der Waals surface area contributed by atoms with Crippen molar-refractivity contribution in [1.29, 1.82) is 0 Å². The second-order valence-corrected chi connectivity index (χ2v) is 14.1. The summed E-state index contributed by atoms with van der Waals surface area (Å²) in [7, 11) is 0. The Kier molecular flexibility index (Phi) is 13.9. The normalized spacial score (nSPS) is 13.7. The van der Waals surface area contributed by atoms with E-state index in [1.54, 1.807) is 43.5 Å². The maximum Gasteiger partial charge on any atom is 0.408 e. The number of nitrogens with zero attached hydrogens (tertiary/aromatic N) is 1. The Morgan fingerprint density at radius 3 is 2.16 bits per heavy atom. The van der Waals surface area contributed by atoms with Gasteiger partial charge in [0.25, 0.3) is 5.91 Å². The van der Waals surface area contributed by atoms with Crippen LogP contribution in [0.3, 0.4) is 0 Å². The Morgan fingerprint density at radius 1 is 0.953 bits per heavy atom. The summed E-state index contributed by atoms with van der Waals surface area (Å²) in [6, 6.07) is 9.08. The van der Waals surface area contributed by atoms with Crippen LogP contribution in [0.1, 0.15) is 89.1 Å². The van der Waals surface area contributed by atoms with E-state index in [9.17, 15) is 14.4 Å². The summed E-state index contributed by atoms with van der Waals surface area (Å²) in [5, 5.41) is 6.30. The highest BCUT2D eigenvalue weighted by atomic mass is 35.5. The van der Waals surface area contributed by atoms with E-state index in [1.165, 1.54) is 0 Å². The summed E-state index contributed by atoms with van der Waals surface area (Å²) in [5.41, 5.74) is 3.27. The minimum absolute atomic E-state index is 0.310. The molecule has 0 saturated carbocycles. The number of amides is 3. The summed E-state index contributed by atoms with van der Waals surface area (Å²) >= 11 is 8.11. The minimum atomic E-state index is -0.970. The number of benzene rings is 2. The van der Waals surface area contributed by atoms with Gasteiger partial charge in [0.05, 0.1) is 10.7 Å². The Hall–Kier alpha value is -2.71. The van der Waals surface area contributed by atoms with Crippen LogP contribution in [0.4, 0.5) is 10.5 Å². The van der Waals surface area contributed by atoms with Gasteiger partial charge in [-0.1, -0.05) is 55.8 Å². The third kappa shape index (κ3) is 10.8. The molecule has 2 rings (SSSR count). The third-order valence-corrected chi connectivity index (χ3v) is 8.39. The number of alkyl carbamates (subject to hydrolysis) is 1. The Balaban J connectivity index is 2.72. The number of hydrogen-bond acceptors (Lipinski definition) is 5. The van der Waals surface area contributed by atoms with Crippen LogP contribution in [0.25, 0.3) is 0 Å². The lowest BCUT2D eigenvalue weighted by Crippen LogP contribution is -2.55. The number of carbonyl (C=O) groups excluding carboxylic acids is 3. The molecule has 43 heavy (non-hydrogen) atoms. The van der Waals surface area contributed by atoms with E-state index in [1.807, 2.05) is 64.3 Å². The van der Waals surface area contributed by atoms with Gasteiger partial charge >= 0.3 is 6.09 Å². The summed E-state index contributed by atoms with van der Waals surface area (Å²) in [6.07, 6.45) is 3.23. The Bertz CT molecular complexity index is 1240. The van der Waals surface area contributed by atoms with Gasteiger partial charge in [0.1, 0.15) is 17.7 Å². The molecule has 3 unspecified atom stereocenters. The maximum absolute atomic E-state index is 14.7. The van der Waals surface area contributed by atoms with Crippen LogP contribution >= 0.6 is 23.4 Å². The summed E-state index contributed by atoms with van der Waals surface area (Å²) in [5.74, 6) is 0.355. The molecule has 0 saturated heterocycles. The fraction of sp³-hybridized carbons (Fsp3) is 0.559. The molecule has 0 radical (unpaired) electrons. The van der Waals surface area contributed by atoms with E-state index in [2.05, 4.69) is 24.5 Å². The van der Waals surface area contributed by atoms with E-state index in [0.29, 0.717) is 35.2 Å². The van der Waals surface area contributed by atoms with Crippen molar-refractivity contribution in [2.24, 2.45) is 5.92 Å². The molecule has 2 aromatic rings. The number of halogens is 1. The highest BCUT2D eigenvalue weighted by Gasteiger charge is 2.39. The lowest BCUT2D eigenvalue weighted by molar-refractivity contribution is -0.143. The Morgan fingerprint density at radius 2 is 1.58 bits per heavy atom. The fourth-order valence-corrected chi connectivity index (χ4v) is 5.65. The van der Waals surface area contributed by atoms with Gasteiger partial charge in [-0.25, -0.2) is 4.79 Å². The first-order chi connectivity index (χ1) is 20.1. The van der Waals surface area contributed by atoms with Crippen molar-refractivity contribution in [3.8, 4) is 0 Å². The molecule has 0 spiro atoms. The predicted octanol–water partition coefficient (Wildman–Crippen LogP) is 8.24. The molecule has 0 aliphatic rings. The highest BCUT2D eigenvalue weighted by molar-refractivity contribution is 7.98. The first-order valence-electron chi connectivity index (χ1n) is 15.0. The van der Waals surface area contributed by atoms with Crippen molar-refractivity contribution < 1.29 is 19.1 Å². The number of ether oxygens (including phenoxy) is 1. The summed E-state index contributed by atoms with van der Waals surface area (Å²) < 4.78 is 5.53. The smallest absolute Gasteiger partial charge is 0.408 e. The van der Waals surface area contributed by atoms with Crippen LogP contribution in [0.2, 0.25) is 5.02 Å². The quantitative estimate of drug-likeness (QED) is 0.232. The zero-order valence-corrected chi connectivity index (χ0v) is 29.0. The molecule has 0 aliphatic carbocycles. The van der Waals surface area contributed by atoms with Gasteiger partial charge in [-0.3, -0.25) is 9.59 Å². The lowest BCUT2D eigenvalue weighted by Gasteiger charge is -2.39. The van der Waals surface area contributed by atoms with Crippen molar-refractivity contribution in [2.75, 3.05) is 17.3 Å². The molecule has 3 atom stereocenters. The molecule has 9 heteroatoms. The van der Waals surface area contributed by atoms with Crippen molar-refractivity contribution in [3.63, 3.8) is 0 Å². The summed E-state index contributed by atoms with van der Waals surface area (Å²) in [6.45, 7) is 17.4. The van der Waals surface area contributed by atoms with Gasteiger partial charge in [0, 0.05) is 6.04 Å². The van der Waals surface area contributed by atoms with Crippen LogP contribution in [-0.2, 0) is 14.3 Å². The highest BCUT2D eigenvalue weighted by Crippen LogP contribution is 2.33. The van der Waals surface area contributed by atoms with Crippen molar-refractivity contribution in [2.45, 2.75) is 105 Å². The molecular formula is C34H50ClN3O4S. The van der Waals surface area contributed by atoms with Gasteiger partial charge < -0.3 is 20.3 Å². The van der Waals surface area contributed by atoms with Gasteiger partial charge in [0.15, 0.2) is 0 Å². The standard InChI is InChI=1S/C34H50ClN3O4S/c1-21(2)17-18-24(5)38(32(40)28(19-20-43-10)36-33(41)42-34(7,8)9)30(26-15-11-13-22(3)25(26)6)31(39)37-29-23(4)14-12-16-27(29)35/h11-16,21,24,28,30H,17-20H2,1-10H3,(H,36,41)(H,37,39). The Labute approximate surface area is 267 Å². The first kappa shape index (κ1) is 36.5. The minimum Gasteiger partial charge on any atom is -0.444 e. The number of aryl methyl sites for hydroxylation is 2. The van der Waals surface area contributed by atoms with Gasteiger partial charge in [-0.2, -0.15) is 11.8 Å². The zero-order valence-electron chi connectivity index (χ0n) is 27.5. The number of carbonyl (C=O) groups is 3. The average molecular weight is 632 g/mol. The molecule has 0 heterocycles. The number of nitrogens with one attached hydrogen (secondary N) is 2. The zero-order chi connectivity index (χ0) is 32.5. The summed E-state index contributed by atoms with van der Waals surface area (Å²) in [4.78, 5) is 43.7. The van der Waals surface area contributed by atoms with Crippen molar-refractivity contribution in [3.05, 3.63) is 63.7 Å². The molecule has 3 amide bonds. The molecule has 0 bridgehead atoms. The molecule has 2 N–H and O–H groups in total. The molecule has 2 aromatic carbocycles. The lowest BCUT2D eigenvalue weighted by atomic mass is 9.92. The monoisotopic (exact) mass is 631 g/mol. The van der Waals surface area contributed by atoms with Crippen LogP contribution in [-0.4, -0.2) is 52.5 Å². The van der Waals surface area contributed by atoms with Crippen molar-refractivity contribution in [1.82, 2.24) is 10.2 Å². The van der Waals surface area contributed by atoms with Crippen LogP contribution in [0, 0.1) is 26.7 Å². The van der Waals surface area contributed by atoms with E-state index < -0.39 is 23.8 Å². The second-order valence-electron chi connectivity index (χ2n) is 12.7. The van der Waals surface area contributed by atoms with E-state index in [-0.39, 0.29) is 17.9 Å². The fourth-order valence-electron chi connectivity index (χ4n) is 4.90. The molecule has 238 valence electrons. The molecule has 0 fully saturated rings. The number of para-hydroxylation sites is 1. The van der Waals surface area contributed by atoms with E-state index >= 15 is 0 Å². The largest absolute Gasteiger partial charge is 0.444 e. The number of hydrogen-bond donors (Lipinski definition) is 2.